The molecule has 38 heavy (non-hydrogen) atoms. The third kappa shape index (κ3) is 5.47. The van der Waals surface area contributed by atoms with Crippen molar-refractivity contribution in [3.05, 3.63) is 71.5 Å². The molecule has 4 N–H and O–H groups in total. The van der Waals surface area contributed by atoms with Crippen molar-refractivity contribution >= 4 is 22.6 Å². The first kappa shape index (κ1) is 26.7. The Balaban J connectivity index is 1.56. The minimum atomic E-state index is -1.38. The number of nitrogens with two attached hydrogens (primary N) is 1. The third-order valence-electron chi connectivity index (χ3n) is 6.50. The van der Waals surface area contributed by atoms with E-state index in [2.05, 4.69) is 4.98 Å². The molecule has 2 aromatic carbocycles. The number of aliphatic hydroxyl groups is 1. The van der Waals surface area contributed by atoms with Crippen LogP contribution in [0.4, 0.5) is 0 Å². The highest BCUT2D eigenvalue weighted by atomic mass is 16.5. The Morgan fingerprint density at radius 2 is 1.79 bits per heavy atom. The van der Waals surface area contributed by atoms with Crippen molar-refractivity contribution in [2.75, 3.05) is 20.8 Å². The molecule has 2 aromatic heterocycles. The summed E-state index contributed by atoms with van der Waals surface area (Å²) in [6, 6.07) is 14.2. The minimum absolute atomic E-state index is 0.0625. The Labute approximate surface area is 220 Å². The highest BCUT2D eigenvalue weighted by Gasteiger charge is 2.28. The minimum Gasteiger partial charge on any atom is -0.494 e. The summed E-state index contributed by atoms with van der Waals surface area (Å²) >= 11 is 0. The van der Waals surface area contributed by atoms with E-state index in [9.17, 15) is 14.7 Å². The number of hydrogen-bond donors (Lipinski definition) is 3. The van der Waals surface area contributed by atoms with Crippen molar-refractivity contribution in [3.8, 4) is 28.5 Å². The van der Waals surface area contributed by atoms with Gasteiger partial charge in [0.2, 0.25) is 0 Å². The largest absolute Gasteiger partial charge is 0.494 e. The Hall–Kier alpha value is -4.37. The molecule has 0 aliphatic rings. The van der Waals surface area contributed by atoms with Gasteiger partial charge in [-0.1, -0.05) is 18.2 Å². The number of ether oxygens (including phenoxy) is 3. The van der Waals surface area contributed by atoms with Crippen LogP contribution in [0.15, 0.2) is 54.7 Å². The van der Waals surface area contributed by atoms with Crippen molar-refractivity contribution in [2.24, 2.45) is 5.73 Å². The Bertz CT molecular complexity index is 1490. The molecular weight excluding hydrogens is 486 g/mol. The molecule has 0 aliphatic carbocycles. The van der Waals surface area contributed by atoms with Crippen LogP contribution in [-0.2, 0) is 10.4 Å². The first-order valence-electron chi connectivity index (χ1n) is 12.1. The summed E-state index contributed by atoms with van der Waals surface area (Å²) in [5, 5.41) is 12.3. The predicted octanol–water partition coefficient (Wildman–Crippen LogP) is 4.29. The number of benzene rings is 2. The van der Waals surface area contributed by atoms with Crippen molar-refractivity contribution in [2.45, 2.75) is 32.3 Å². The number of para-hydroxylation sites is 1. The summed E-state index contributed by atoms with van der Waals surface area (Å²) in [6.45, 7) is 3.36. The zero-order chi connectivity index (χ0) is 27.4. The Morgan fingerprint density at radius 1 is 1.05 bits per heavy atom. The standard InChI is InChI=1S/C29H31N3O6/c1-17-6-5-7-19-20(15-31-27(17)19)28-23(36-3)10-11-25(32-28)29(2,35)13-12-21(33)18-8-9-22(24(14-18)37-4)38-16-26(30)34/h5-11,14-15,31,35H,12-13,16H2,1-4H3,(H2,30,34)/t29-/m0/s1. The highest BCUT2D eigenvalue weighted by molar-refractivity contribution is 5.98. The van der Waals surface area contributed by atoms with Gasteiger partial charge in [-0.05, 0) is 56.2 Å². The molecule has 0 saturated carbocycles. The van der Waals surface area contributed by atoms with Crippen molar-refractivity contribution in [1.82, 2.24) is 9.97 Å². The molecule has 1 atom stereocenters. The van der Waals surface area contributed by atoms with Gasteiger partial charge in [-0.3, -0.25) is 9.59 Å². The number of aromatic nitrogens is 2. The zero-order valence-corrected chi connectivity index (χ0v) is 21.8. The molecule has 1 amide bonds. The number of Topliss-reactive ketones (excluding diaryl/α,β-unsaturated/α-hetero) is 1. The molecule has 9 heteroatoms. The number of carbonyl (C=O) groups excluding carboxylic acids is 2. The third-order valence-corrected chi connectivity index (χ3v) is 6.50. The quantitative estimate of drug-likeness (QED) is 0.252. The van der Waals surface area contributed by atoms with E-state index in [1.807, 2.05) is 31.3 Å². The number of amides is 1. The average molecular weight is 518 g/mol. The lowest BCUT2D eigenvalue weighted by Crippen LogP contribution is -2.24. The van der Waals surface area contributed by atoms with Gasteiger partial charge in [-0.15, -0.1) is 0 Å². The second-order valence-electron chi connectivity index (χ2n) is 9.26. The van der Waals surface area contributed by atoms with E-state index in [1.54, 1.807) is 38.3 Å². The molecule has 0 bridgehead atoms. The maximum atomic E-state index is 13.0. The number of ketones is 1. The molecule has 0 fully saturated rings. The van der Waals surface area contributed by atoms with Crippen LogP contribution in [0.5, 0.6) is 17.2 Å². The average Bonchev–Trinajstić information content (AvgIpc) is 3.35. The van der Waals surface area contributed by atoms with Gasteiger partial charge in [-0.2, -0.15) is 0 Å². The van der Waals surface area contributed by atoms with Crippen LogP contribution in [-0.4, -0.2) is 47.6 Å². The van der Waals surface area contributed by atoms with Gasteiger partial charge >= 0.3 is 0 Å². The monoisotopic (exact) mass is 517 g/mol. The normalized spacial score (nSPS) is 12.7. The van der Waals surface area contributed by atoms with E-state index >= 15 is 0 Å². The van der Waals surface area contributed by atoms with Crippen molar-refractivity contribution < 1.29 is 28.9 Å². The number of methoxy groups -OCH3 is 2. The van der Waals surface area contributed by atoms with Gasteiger partial charge in [0.15, 0.2) is 23.9 Å². The van der Waals surface area contributed by atoms with Crippen LogP contribution in [0.25, 0.3) is 22.2 Å². The number of fused-ring (bicyclic) bond motifs is 1. The molecule has 2 heterocycles. The van der Waals surface area contributed by atoms with Gasteiger partial charge in [0.1, 0.15) is 17.0 Å². The molecule has 4 rings (SSSR count). The van der Waals surface area contributed by atoms with Gasteiger partial charge in [0.05, 0.1) is 19.9 Å². The van der Waals surface area contributed by atoms with Crippen LogP contribution >= 0.6 is 0 Å². The first-order chi connectivity index (χ1) is 18.1. The van der Waals surface area contributed by atoms with E-state index < -0.39 is 11.5 Å². The fourth-order valence-corrected chi connectivity index (χ4v) is 4.34. The Kier molecular flexibility index (Phi) is 7.68. The summed E-state index contributed by atoms with van der Waals surface area (Å²) in [7, 11) is 3.02. The number of carbonyl (C=O) groups is 2. The number of nitrogens with zero attached hydrogens (tertiary/aromatic N) is 1. The number of H-pyrrole nitrogens is 1. The van der Waals surface area contributed by atoms with E-state index in [-0.39, 0.29) is 25.2 Å². The summed E-state index contributed by atoms with van der Waals surface area (Å²) in [6.07, 6.45) is 2.08. The summed E-state index contributed by atoms with van der Waals surface area (Å²) in [4.78, 5) is 32.1. The maximum Gasteiger partial charge on any atom is 0.255 e. The molecule has 198 valence electrons. The van der Waals surface area contributed by atoms with Crippen LogP contribution < -0.4 is 19.9 Å². The topological polar surface area (TPSA) is 137 Å². The fraction of sp³-hybridized carbons (Fsp3) is 0.276. The number of nitrogens with one attached hydrogen (secondary N) is 1. The molecule has 0 saturated heterocycles. The SMILES string of the molecule is COc1cc(C(=O)CC[C@](C)(O)c2ccc(OC)c(-c3c[nH]c4c(C)cccc34)n2)ccc1OCC(N)=O. The molecule has 0 unspecified atom stereocenters. The fourth-order valence-electron chi connectivity index (χ4n) is 4.34. The number of aromatic amines is 1. The molecular formula is C29H31N3O6. The van der Waals surface area contributed by atoms with E-state index in [1.165, 1.54) is 13.2 Å². The van der Waals surface area contributed by atoms with Crippen molar-refractivity contribution in [3.63, 3.8) is 0 Å². The lowest BCUT2D eigenvalue weighted by Gasteiger charge is -2.23. The van der Waals surface area contributed by atoms with Gasteiger partial charge in [0, 0.05) is 34.6 Å². The Morgan fingerprint density at radius 3 is 2.50 bits per heavy atom. The number of aryl methyl sites for hydroxylation is 1. The van der Waals surface area contributed by atoms with E-state index in [4.69, 9.17) is 24.9 Å². The van der Waals surface area contributed by atoms with Gasteiger partial charge < -0.3 is 30.0 Å². The molecule has 0 radical (unpaired) electrons. The number of primary amides is 1. The van der Waals surface area contributed by atoms with Crippen LogP contribution in [0.3, 0.4) is 0 Å². The lowest BCUT2D eigenvalue weighted by molar-refractivity contribution is -0.119. The highest BCUT2D eigenvalue weighted by Crippen LogP contribution is 2.37. The maximum absolute atomic E-state index is 13.0. The molecule has 9 nitrogen and oxygen atoms in total. The van der Waals surface area contributed by atoms with E-state index in [0.29, 0.717) is 34.2 Å². The van der Waals surface area contributed by atoms with Crippen LogP contribution in [0.1, 0.15) is 41.4 Å². The predicted molar refractivity (Wildman–Crippen MR) is 144 cm³/mol. The van der Waals surface area contributed by atoms with Gasteiger partial charge in [-0.25, -0.2) is 4.98 Å². The van der Waals surface area contributed by atoms with Crippen LogP contribution in [0, 0.1) is 6.92 Å². The number of pyridine rings is 1. The summed E-state index contributed by atoms with van der Waals surface area (Å²) in [5.41, 5.74) is 8.14. The zero-order valence-electron chi connectivity index (χ0n) is 21.8. The van der Waals surface area contributed by atoms with E-state index in [0.717, 1.165) is 22.0 Å². The second kappa shape index (κ2) is 10.9. The smallest absolute Gasteiger partial charge is 0.255 e. The van der Waals surface area contributed by atoms with Crippen molar-refractivity contribution in [1.29, 1.82) is 0 Å². The number of hydrogen-bond acceptors (Lipinski definition) is 7. The second-order valence-corrected chi connectivity index (χ2v) is 9.26. The van der Waals surface area contributed by atoms with Crippen LogP contribution in [0.2, 0.25) is 0 Å². The number of rotatable bonds is 11. The summed E-state index contributed by atoms with van der Waals surface area (Å²) in [5.74, 6) is 0.376. The van der Waals surface area contributed by atoms with Gasteiger partial charge in [0.25, 0.3) is 5.91 Å². The molecule has 0 spiro atoms. The molecule has 0 aliphatic heterocycles. The summed E-state index contributed by atoms with van der Waals surface area (Å²) < 4.78 is 16.2. The lowest BCUT2D eigenvalue weighted by atomic mass is 9.92. The first-order valence-corrected chi connectivity index (χ1v) is 12.1. The molecule has 4 aromatic rings.